The second kappa shape index (κ2) is 6.09. The predicted molar refractivity (Wildman–Crippen MR) is 79.8 cm³/mol. The number of carbonyl (C=O) groups is 2. The molecule has 0 N–H and O–H groups in total. The number of benzene rings is 1. The van der Waals surface area contributed by atoms with Gasteiger partial charge in [-0.3, -0.25) is 9.59 Å². The first-order chi connectivity index (χ1) is 10.7. The highest BCUT2D eigenvalue weighted by Gasteiger charge is 2.30. The van der Waals surface area contributed by atoms with Crippen molar-refractivity contribution >= 4 is 17.6 Å². The third-order valence-electron chi connectivity index (χ3n) is 3.87. The number of Topliss-reactive ketones (excluding diaryl/α,β-unsaturated/α-hetero) is 1. The van der Waals surface area contributed by atoms with Crippen molar-refractivity contribution in [2.75, 3.05) is 11.4 Å². The van der Waals surface area contributed by atoms with E-state index in [4.69, 9.17) is 4.52 Å². The van der Waals surface area contributed by atoms with Gasteiger partial charge in [0.25, 0.3) is 0 Å². The highest BCUT2D eigenvalue weighted by atomic mass is 16.5. The van der Waals surface area contributed by atoms with Crippen LogP contribution in [0.2, 0.25) is 0 Å². The van der Waals surface area contributed by atoms with Crippen molar-refractivity contribution in [2.45, 2.75) is 32.2 Å². The van der Waals surface area contributed by atoms with E-state index >= 15 is 0 Å². The van der Waals surface area contributed by atoms with E-state index in [0.29, 0.717) is 12.1 Å². The Hall–Kier alpha value is -2.50. The first-order valence-corrected chi connectivity index (χ1v) is 7.37. The van der Waals surface area contributed by atoms with Crippen molar-refractivity contribution in [3.63, 3.8) is 0 Å². The molecule has 1 aromatic heterocycles. The van der Waals surface area contributed by atoms with Gasteiger partial charge in [0.15, 0.2) is 5.78 Å². The lowest BCUT2D eigenvalue weighted by Gasteiger charge is -2.32. The number of ketones is 2. The minimum Gasteiger partial charge on any atom is -0.315 e. The van der Waals surface area contributed by atoms with Gasteiger partial charge >= 0.3 is 6.01 Å². The molecule has 6 nitrogen and oxygen atoms in total. The van der Waals surface area contributed by atoms with Crippen LogP contribution in [0.5, 0.6) is 0 Å². The molecule has 1 fully saturated rings. The second-order valence-electron chi connectivity index (χ2n) is 5.41. The summed E-state index contributed by atoms with van der Waals surface area (Å²) < 4.78 is 5.22. The van der Waals surface area contributed by atoms with Crippen LogP contribution in [0.4, 0.5) is 6.01 Å². The average Bonchev–Trinajstić information content (AvgIpc) is 3.04. The summed E-state index contributed by atoms with van der Waals surface area (Å²) in [5.74, 6) is -0.185. The van der Waals surface area contributed by atoms with Crippen molar-refractivity contribution in [1.29, 1.82) is 0 Å². The Balaban J connectivity index is 1.84. The van der Waals surface area contributed by atoms with Crippen LogP contribution in [0.1, 0.15) is 42.4 Å². The van der Waals surface area contributed by atoms with Gasteiger partial charge in [0.1, 0.15) is 0 Å². The van der Waals surface area contributed by atoms with Gasteiger partial charge < -0.3 is 9.42 Å². The summed E-state index contributed by atoms with van der Waals surface area (Å²) in [6, 6.07) is 8.82. The fourth-order valence-electron chi connectivity index (χ4n) is 2.73. The molecule has 2 aromatic rings. The molecule has 2 heterocycles. The van der Waals surface area contributed by atoms with Gasteiger partial charge in [0, 0.05) is 12.1 Å². The maximum atomic E-state index is 12.3. The van der Waals surface area contributed by atoms with Crippen molar-refractivity contribution < 1.29 is 14.1 Å². The summed E-state index contributed by atoms with van der Waals surface area (Å²) in [5.41, 5.74) is 0.511. The van der Waals surface area contributed by atoms with E-state index in [-0.39, 0.29) is 29.4 Å². The number of anilines is 1. The molecule has 0 bridgehead atoms. The maximum Gasteiger partial charge on any atom is 0.325 e. The van der Waals surface area contributed by atoms with Gasteiger partial charge in [0.2, 0.25) is 11.6 Å². The van der Waals surface area contributed by atoms with Crippen molar-refractivity contribution in [2.24, 2.45) is 0 Å². The smallest absolute Gasteiger partial charge is 0.315 e. The normalized spacial score (nSPS) is 18.2. The molecule has 114 valence electrons. The summed E-state index contributed by atoms with van der Waals surface area (Å²) in [6.45, 7) is 2.25. The molecular weight excluding hydrogens is 282 g/mol. The second-order valence-corrected chi connectivity index (χ2v) is 5.41. The van der Waals surface area contributed by atoms with E-state index in [1.165, 1.54) is 0 Å². The number of piperidine rings is 1. The zero-order chi connectivity index (χ0) is 15.5. The maximum absolute atomic E-state index is 12.3. The minimum atomic E-state index is -0.285. The summed E-state index contributed by atoms with van der Waals surface area (Å²) >= 11 is 0. The van der Waals surface area contributed by atoms with E-state index in [1.54, 1.807) is 36.1 Å². The Morgan fingerprint density at radius 2 is 2.00 bits per heavy atom. The van der Waals surface area contributed by atoms with Crippen LogP contribution in [-0.2, 0) is 4.79 Å². The molecule has 1 atom stereocenters. The predicted octanol–water partition coefficient (Wildman–Crippen LogP) is 2.25. The molecule has 0 radical (unpaired) electrons. The Bertz CT molecular complexity index is 681. The fraction of sp³-hybridized carbons (Fsp3) is 0.375. The van der Waals surface area contributed by atoms with E-state index in [1.807, 2.05) is 6.07 Å². The lowest BCUT2D eigenvalue weighted by Crippen LogP contribution is -2.44. The Morgan fingerprint density at radius 1 is 1.23 bits per heavy atom. The first kappa shape index (κ1) is 14.4. The lowest BCUT2D eigenvalue weighted by atomic mass is 10.00. The van der Waals surface area contributed by atoms with E-state index in [9.17, 15) is 9.59 Å². The third-order valence-corrected chi connectivity index (χ3v) is 3.87. The summed E-state index contributed by atoms with van der Waals surface area (Å²) in [6.07, 6.45) is 2.75. The van der Waals surface area contributed by atoms with Gasteiger partial charge in [-0.05, 0) is 26.2 Å². The van der Waals surface area contributed by atoms with Crippen LogP contribution in [0.25, 0.3) is 0 Å². The van der Waals surface area contributed by atoms with Crippen LogP contribution >= 0.6 is 0 Å². The number of carbonyl (C=O) groups excluding carboxylic acids is 2. The van der Waals surface area contributed by atoms with Crippen LogP contribution in [-0.4, -0.2) is 34.3 Å². The number of hydrogen-bond acceptors (Lipinski definition) is 6. The van der Waals surface area contributed by atoms with Crippen molar-refractivity contribution in [1.82, 2.24) is 10.1 Å². The first-order valence-electron chi connectivity index (χ1n) is 7.37. The quantitative estimate of drug-likeness (QED) is 0.806. The molecule has 0 amide bonds. The summed E-state index contributed by atoms with van der Waals surface area (Å²) in [7, 11) is 0. The van der Waals surface area contributed by atoms with E-state index < -0.39 is 0 Å². The summed E-state index contributed by atoms with van der Waals surface area (Å²) in [5, 5.41) is 3.77. The van der Waals surface area contributed by atoms with Crippen LogP contribution in [0.15, 0.2) is 34.9 Å². The lowest BCUT2D eigenvalue weighted by molar-refractivity contribution is -0.118. The monoisotopic (exact) mass is 299 g/mol. The average molecular weight is 299 g/mol. The third kappa shape index (κ3) is 2.77. The SMILES string of the molecule is CC(=O)C1CCCCN1c1nc(C(=O)c2ccccc2)no1. The largest absolute Gasteiger partial charge is 0.325 e. The molecule has 1 aliphatic heterocycles. The van der Waals surface area contributed by atoms with Gasteiger partial charge in [-0.15, -0.1) is 0 Å². The fourth-order valence-corrected chi connectivity index (χ4v) is 2.73. The van der Waals surface area contributed by atoms with Gasteiger partial charge in [-0.25, -0.2) is 0 Å². The highest BCUT2D eigenvalue weighted by molar-refractivity contribution is 6.06. The molecule has 1 aromatic carbocycles. The molecule has 0 aliphatic carbocycles. The minimum absolute atomic E-state index is 0.0223. The van der Waals surface area contributed by atoms with Gasteiger partial charge in [0.05, 0.1) is 6.04 Å². The molecule has 0 spiro atoms. The number of nitrogens with zero attached hydrogens (tertiary/aromatic N) is 3. The highest BCUT2D eigenvalue weighted by Crippen LogP contribution is 2.24. The van der Waals surface area contributed by atoms with E-state index in [0.717, 1.165) is 19.3 Å². The Kier molecular flexibility index (Phi) is 4.00. The van der Waals surface area contributed by atoms with Gasteiger partial charge in [-0.1, -0.05) is 35.5 Å². The molecular formula is C16H17N3O3. The molecule has 1 unspecified atom stereocenters. The topological polar surface area (TPSA) is 76.3 Å². The Morgan fingerprint density at radius 3 is 2.73 bits per heavy atom. The van der Waals surface area contributed by atoms with Crippen molar-refractivity contribution in [3.05, 3.63) is 41.7 Å². The molecule has 22 heavy (non-hydrogen) atoms. The van der Waals surface area contributed by atoms with Crippen LogP contribution in [0, 0.1) is 0 Å². The number of hydrogen-bond donors (Lipinski definition) is 0. The zero-order valence-corrected chi connectivity index (χ0v) is 12.4. The van der Waals surface area contributed by atoms with Crippen molar-refractivity contribution in [3.8, 4) is 0 Å². The Labute approximate surface area is 128 Å². The molecule has 0 saturated carbocycles. The van der Waals surface area contributed by atoms with Gasteiger partial charge in [-0.2, -0.15) is 4.98 Å². The zero-order valence-electron chi connectivity index (χ0n) is 12.4. The number of rotatable bonds is 4. The molecule has 6 heteroatoms. The standard InChI is InChI=1S/C16H17N3O3/c1-11(20)13-9-5-6-10-19(13)16-17-15(18-22-16)14(21)12-7-3-2-4-8-12/h2-4,7-8,13H,5-6,9-10H2,1H3. The number of aromatic nitrogens is 2. The molecule has 1 aliphatic rings. The van der Waals surface area contributed by atoms with E-state index in [2.05, 4.69) is 10.1 Å². The summed E-state index contributed by atoms with van der Waals surface area (Å²) in [4.78, 5) is 30.0. The van der Waals surface area contributed by atoms with Crippen LogP contribution in [0.3, 0.4) is 0 Å². The molecule has 1 saturated heterocycles. The van der Waals surface area contributed by atoms with Crippen LogP contribution < -0.4 is 4.90 Å². The molecule has 3 rings (SSSR count).